The Bertz CT molecular complexity index is 629. The van der Waals surface area contributed by atoms with E-state index < -0.39 is 5.60 Å². The molecule has 0 saturated carbocycles. The van der Waals surface area contributed by atoms with Gasteiger partial charge in [-0.1, -0.05) is 30.3 Å². The van der Waals surface area contributed by atoms with Crippen molar-refractivity contribution in [3.05, 3.63) is 68.3 Å². The van der Waals surface area contributed by atoms with E-state index in [1.807, 2.05) is 6.92 Å². The molecule has 0 aromatic heterocycles. The van der Waals surface area contributed by atoms with Crippen molar-refractivity contribution in [1.29, 1.82) is 0 Å². The van der Waals surface area contributed by atoms with Crippen LogP contribution < -0.4 is 0 Å². The van der Waals surface area contributed by atoms with Crippen LogP contribution in [0.2, 0.25) is 0 Å². The smallest absolute Gasteiger partial charge is 0.0908 e. The first-order valence-electron chi connectivity index (χ1n) is 7.64. The predicted molar refractivity (Wildman–Crippen MR) is 95.5 cm³/mol. The zero-order valence-corrected chi connectivity index (χ0v) is 14.6. The fourth-order valence-corrected chi connectivity index (χ4v) is 3.53. The molecule has 0 radical (unpaired) electrons. The number of fused-ring (bicyclic) bond motifs is 1. The molecular formula is C19H21IO. The minimum Gasteiger partial charge on any atom is -0.385 e. The molecule has 0 bridgehead atoms. The molecule has 0 aliphatic heterocycles. The van der Waals surface area contributed by atoms with Crippen molar-refractivity contribution < 1.29 is 5.11 Å². The fourth-order valence-electron chi connectivity index (χ4n) is 3.17. The fraction of sp³-hybridized carbons (Fsp3) is 0.368. The van der Waals surface area contributed by atoms with Gasteiger partial charge in [-0.25, -0.2) is 0 Å². The van der Waals surface area contributed by atoms with Gasteiger partial charge in [-0.2, -0.15) is 0 Å². The summed E-state index contributed by atoms with van der Waals surface area (Å²) in [6.07, 6.45) is 5.57. The second kappa shape index (κ2) is 6.09. The Morgan fingerprint density at radius 2 is 1.67 bits per heavy atom. The first kappa shape index (κ1) is 15.0. The molecule has 1 nitrogen and oxygen atoms in total. The van der Waals surface area contributed by atoms with Crippen LogP contribution in [-0.2, 0) is 24.9 Å². The lowest BCUT2D eigenvalue weighted by molar-refractivity contribution is 0.0575. The zero-order valence-electron chi connectivity index (χ0n) is 12.4. The van der Waals surface area contributed by atoms with E-state index in [2.05, 4.69) is 65.1 Å². The Labute approximate surface area is 140 Å². The second-order valence-electron chi connectivity index (χ2n) is 6.27. The predicted octanol–water partition coefficient (Wildman–Crippen LogP) is 4.62. The largest absolute Gasteiger partial charge is 0.385 e. The molecule has 0 spiro atoms. The third-order valence-electron chi connectivity index (χ3n) is 4.43. The summed E-state index contributed by atoms with van der Waals surface area (Å²) < 4.78 is 1.23. The van der Waals surface area contributed by atoms with Gasteiger partial charge in [0, 0.05) is 9.99 Å². The van der Waals surface area contributed by atoms with Gasteiger partial charge in [0.15, 0.2) is 0 Å². The Balaban J connectivity index is 1.85. The lowest BCUT2D eigenvalue weighted by atomic mass is 9.84. The Hall–Kier alpha value is -0.870. The number of hydrogen-bond donors (Lipinski definition) is 1. The van der Waals surface area contributed by atoms with Crippen molar-refractivity contribution in [2.45, 2.75) is 44.6 Å². The Morgan fingerprint density at radius 1 is 1.00 bits per heavy atom. The van der Waals surface area contributed by atoms with E-state index >= 15 is 0 Å². The molecule has 2 heteroatoms. The van der Waals surface area contributed by atoms with Gasteiger partial charge in [-0.3, -0.25) is 0 Å². The number of benzene rings is 2. The minimum atomic E-state index is -0.806. The third-order valence-corrected chi connectivity index (χ3v) is 5.15. The maximum absolute atomic E-state index is 10.9. The van der Waals surface area contributed by atoms with E-state index in [1.165, 1.54) is 39.5 Å². The molecule has 3 rings (SSSR count). The van der Waals surface area contributed by atoms with Crippen LogP contribution in [0.5, 0.6) is 0 Å². The summed E-state index contributed by atoms with van der Waals surface area (Å²) in [7, 11) is 0. The summed E-state index contributed by atoms with van der Waals surface area (Å²) in [6.45, 7) is 1.93. The normalized spacial score (nSPS) is 17.1. The molecule has 0 amide bonds. The number of hydrogen-bond acceptors (Lipinski definition) is 1. The highest BCUT2D eigenvalue weighted by atomic mass is 127. The highest BCUT2D eigenvalue weighted by Crippen LogP contribution is 2.30. The molecule has 21 heavy (non-hydrogen) atoms. The molecule has 1 unspecified atom stereocenters. The van der Waals surface area contributed by atoms with Crippen LogP contribution in [0.1, 0.15) is 42.0 Å². The summed E-state index contributed by atoms with van der Waals surface area (Å²) in [6, 6.07) is 14.9. The highest BCUT2D eigenvalue weighted by molar-refractivity contribution is 14.1. The quantitative estimate of drug-likeness (QED) is 0.756. The highest BCUT2D eigenvalue weighted by Gasteiger charge is 2.25. The summed E-state index contributed by atoms with van der Waals surface area (Å²) in [5, 5.41) is 10.9. The monoisotopic (exact) mass is 392 g/mol. The molecule has 0 saturated heterocycles. The average molecular weight is 392 g/mol. The van der Waals surface area contributed by atoms with E-state index in [4.69, 9.17) is 0 Å². The van der Waals surface area contributed by atoms with Crippen molar-refractivity contribution in [1.82, 2.24) is 0 Å². The first-order valence-corrected chi connectivity index (χ1v) is 8.71. The molecule has 110 valence electrons. The zero-order chi connectivity index (χ0) is 14.9. The SMILES string of the molecule is CC(O)(Cc1ccc(I)cc1)c1ccc2c(c1)CCCC2. The summed E-state index contributed by atoms with van der Waals surface area (Å²) >= 11 is 2.31. The van der Waals surface area contributed by atoms with Gasteiger partial charge in [0.25, 0.3) is 0 Å². The molecular weight excluding hydrogens is 371 g/mol. The summed E-state index contributed by atoms with van der Waals surface area (Å²) in [5.41, 5.74) is 4.32. The van der Waals surface area contributed by atoms with Gasteiger partial charge in [0.1, 0.15) is 0 Å². The number of rotatable bonds is 3. The maximum atomic E-state index is 10.9. The molecule has 2 aromatic carbocycles. The van der Waals surface area contributed by atoms with Crippen LogP contribution in [-0.4, -0.2) is 5.11 Å². The van der Waals surface area contributed by atoms with Crippen LogP contribution >= 0.6 is 22.6 Å². The summed E-state index contributed by atoms with van der Waals surface area (Å²) in [4.78, 5) is 0. The van der Waals surface area contributed by atoms with Crippen molar-refractivity contribution in [2.24, 2.45) is 0 Å². The number of aliphatic hydroxyl groups is 1. The van der Waals surface area contributed by atoms with Crippen LogP contribution in [0.15, 0.2) is 42.5 Å². The lowest BCUT2D eigenvalue weighted by Crippen LogP contribution is -2.25. The van der Waals surface area contributed by atoms with Crippen LogP contribution in [0.3, 0.4) is 0 Å². The number of halogens is 1. The molecule has 0 fully saturated rings. The van der Waals surface area contributed by atoms with E-state index in [0.717, 1.165) is 12.0 Å². The van der Waals surface area contributed by atoms with Crippen molar-refractivity contribution in [2.75, 3.05) is 0 Å². The molecule has 2 aromatic rings. The summed E-state index contributed by atoms with van der Waals surface area (Å²) in [5.74, 6) is 0. The molecule has 1 aliphatic carbocycles. The van der Waals surface area contributed by atoms with Gasteiger partial charge < -0.3 is 5.11 Å². The van der Waals surface area contributed by atoms with Gasteiger partial charge >= 0.3 is 0 Å². The van der Waals surface area contributed by atoms with E-state index in [-0.39, 0.29) is 0 Å². The Kier molecular flexibility index (Phi) is 4.36. The van der Waals surface area contributed by atoms with E-state index in [0.29, 0.717) is 6.42 Å². The van der Waals surface area contributed by atoms with Gasteiger partial charge in [0.05, 0.1) is 5.60 Å². The number of aryl methyl sites for hydroxylation is 2. The Morgan fingerprint density at radius 3 is 2.38 bits per heavy atom. The van der Waals surface area contributed by atoms with Gasteiger partial charge in [0.2, 0.25) is 0 Å². The standard InChI is InChI=1S/C19H21IO/c1-19(21,13-14-6-10-18(20)11-7-14)17-9-8-15-4-2-3-5-16(15)12-17/h6-12,21H,2-5,13H2,1H3. The van der Waals surface area contributed by atoms with E-state index in [1.54, 1.807) is 0 Å². The van der Waals surface area contributed by atoms with E-state index in [9.17, 15) is 5.11 Å². The maximum Gasteiger partial charge on any atom is 0.0908 e. The average Bonchev–Trinajstić information content (AvgIpc) is 2.49. The van der Waals surface area contributed by atoms with Crippen LogP contribution in [0.25, 0.3) is 0 Å². The molecule has 1 atom stereocenters. The first-order chi connectivity index (χ1) is 10.0. The third kappa shape index (κ3) is 3.49. The lowest BCUT2D eigenvalue weighted by Gasteiger charge is -2.26. The van der Waals surface area contributed by atoms with Crippen LogP contribution in [0.4, 0.5) is 0 Å². The molecule has 1 aliphatic rings. The van der Waals surface area contributed by atoms with Gasteiger partial charge in [-0.05, 0) is 89.6 Å². The second-order valence-corrected chi connectivity index (χ2v) is 7.51. The topological polar surface area (TPSA) is 20.2 Å². The molecule has 0 heterocycles. The van der Waals surface area contributed by atoms with Gasteiger partial charge in [-0.15, -0.1) is 0 Å². The van der Waals surface area contributed by atoms with Crippen LogP contribution in [0, 0.1) is 3.57 Å². The van der Waals surface area contributed by atoms with Crippen molar-refractivity contribution in [3.63, 3.8) is 0 Å². The van der Waals surface area contributed by atoms with Crippen molar-refractivity contribution in [3.8, 4) is 0 Å². The molecule has 1 N–H and O–H groups in total. The minimum absolute atomic E-state index is 0.655. The van der Waals surface area contributed by atoms with Crippen molar-refractivity contribution >= 4 is 22.6 Å².